The zero-order valence-corrected chi connectivity index (χ0v) is 19.3. The molecular weight excluding hydrogens is 460 g/mol. The lowest BCUT2D eigenvalue weighted by molar-refractivity contribution is -0.128. The molecule has 1 atom stereocenters. The molecule has 2 aromatic rings. The second-order valence-corrected chi connectivity index (χ2v) is 8.54. The maximum absolute atomic E-state index is 13.5. The SMILES string of the molecule is COCCNC(=O)C1COC2(CCN(C(=O)c3ccc(F)cc3)CC2)N1C(=O)c1ccc(F)cc1. The van der Waals surface area contributed by atoms with Gasteiger partial charge in [-0.2, -0.15) is 0 Å². The van der Waals surface area contributed by atoms with Gasteiger partial charge < -0.3 is 19.7 Å². The predicted octanol–water partition coefficient (Wildman–Crippen LogP) is 2.20. The molecule has 10 heteroatoms. The maximum atomic E-state index is 13.5. The van der Waals surface area contributed by atoms with Crippen LogP contribution in [0.3, 0.4) is 0 Å². The minimum atomic E-state index is -1.09. The summed E-state index contributed by atoms with van der Waals surface area (Å²) in [5.41, 5.74) is -0.492. The number of rotatable bonds is 6. The van der Waals surface area contributed by atoms with Crippen molar-refractivity contribution in [2.24, 2.45) is 0 Å². The van der Waals surface area contributed by atoms with Gasteiger partial charge in [-0.1, -0.05) is 0 Å². The number of ether oxygens (including phenoxy) is 2. The quantitative estimate of drug-likeness (QED) is 0.632. The number of nitrogens with zero attached hydrogens (tertiary/aromatic N) is 2. The Hall–Kier alpha value is -3.37. The number of carbonyl (C=O) groups is 3. The summed E-state index contributed by atoms with van der Waals surface area (Å²) in [5, 5.41) is 2.75. The Morgan fingerprint density at radius 2 is 1.51 bits per heavy atom. The molecule has 0 aromatic heterocycles. The Morgan fingerprint density at radius 3 is 2.06 bits per heavy atom. The van der Waals surface area contributed by atoms with Crippen molar-refractivity contribution in [2.45, 2.75) is 24.6 Å². The molecule has 2 aliphatic heterocycles. The number of halogens is 2. The Morgan fingerprint density at radius 1 is 0.971 bits per heavy atom. The van der Waals surface area contributed by atoms with Crippen LogP contribution >= 0.6 is 0 Å². The fraction of sp³-hybridized carbons (Fsp3) is 0.400. The molecule has 2 aromatic carbocycles. The average molecular weight is 488 g/mol. The third-order valence-electron chi connectivity index (χ3n) is 6.40. The molecule has 1 spiro atoms. The molecule has 35 heavy (non-hydrogen) atoms. The largest absolute Gasteiger partial charge is 0.383 e. The van der Waals surface area contributed by atoms with E-state index in [0.29, 0.717) is 12.2 Å². The number of piperidine rings is 1. The molecule has 8 nitrogen and oxygen atoms in total. The van der Waals surface area contributed by atoms with E-state index >= 15 is 0 Å². The Labute approximate surface area is 201 Å². The van der Waals surface area contributed by atoms with E-state index in [1.807, 2.05) is 0 Å². The minimum absolute atomic E-state index is 0.00232. The summed E-state index contributed by atoms with van der Waals surface area (Å²) in [6.45, 7) is 1.15. The van der Waals surface area contributed by atoms with E-state index in [9.17, 15) is 23.2 Å². The number of likely N-dealkylation sites (tertiary alicyclic amines) is 1. The number of hydrogen-bond donors (Lipinski definition) is 1. The fourth-order valence-corrected chi connectivity index (χ4v) is 4.53. The van der Waals surface area contributed by atoms with E-state index in [-0.39, 0.29) is 56.5 Å². The molecule has 0 saturated carbocycles. The number of methoxy groups -OCH3 is 1. The van der Waals surface area contributed by atoms with Crippen molar-refractivity contribution in [3.63, 3.8) is 0 Å². The van der Waals surface area contributed by atoms with Crippen molar-refractivity contribution in [1.29, 1.82) is 0 Å². The van der Waals surface area contributed by atoms with Gasteiger partial charge >= 0.3 is 0 Å². The van der Waals surface area contributed by atoms with Crippen LogP contribution in [0.4, 0.5) is 8.78 Å². The van der Waals surface area contributed by atoms with E-state index in [1.165, 1.54) is 60.5 Å². The first-order chi connectivity index (χ1) is 16.8. The molecule has 4 rings (SSSR count). The van der Waals surface area contributed by atoms with Gasteiger partial charge in [0.15, 0.2) is 0 Å². The van der Waals surface area contributed by atoms with Crippen molar-refractivity contribution in [3.8, 4) is 0 Å². The van der Waals surface area contributed by atoms with Gasteiger partial charge in [-0.05, 0) is 48.5 Å². The van der Waals surface area contributed by atoms with Crippen LogP contribution in [0, 0.1) is 11.6 Å². The lowest BCUT2D eigenvalue weighted by atomic mass is 9.96. The third kappa shape index (κ3) is 5.18. The molecule has 0 bridgehead atoms. The summed E-state index contributed by atoms with van der Waals surface area (Å²) in [6.07, 6.45) is 0.573. The minimum Gasteiger partial charge on any atom is -0.383 e. The molecule has 186 valence electrons. The second kappa shape index (κ2) is 10.5. The number of carbonyl (C=O) groups excluding carboxylic acids is 3. The number of hydrogen-bond acceptors (Lipinski definition) is 5. The van der Waals surface area contributed by atoms with E-state index in [1.54, 1.807) is 4.90 Å². The van der Waals surface area contributed by atoms with Crippen molar-refractivity contribution < 1.29 is 32.6 Å². The van der Waals surface area contributed by atoms with Crippen LogP contribution in [0.15, 0.2) is 48.5 Å². The zero-order chi connectivity index (χ0) is 25.0. The maximum Gasteiger partial charge on any atom is 0.256 e. The highest BCUT2D eigenvalue weighted by molar-refractivity contribution is 5.98. The lowest BCUT2D eigenvalue weighted by Gasteiger charge is -2.44. The van der Waals surface area contributed by atoms with Crippen LogP contribution in [0.5, 0.6) is 0 Å². The van der Waals surface area contributed by atoms with E-state index < -0.39 is 29.3 Å². The molecule has 3 amide bonds. The average Bonchev–Trinajstić information content (AvgIpc) is 3.23. The Bertz CT molecular complexity index is 1070. The fourth-order valence-electron chi connectivity index (χ4n) is 4.53. The van der Waals surface area contributed by atoms with Crippen molar-refractivity contribution >= 4 is 17.7 Å². The first-order valence-electron chi connectivity index (χ1n) is 11.4. The zero-order valence-electron chi connectivity index (χ0n) is 19.3. The molecular formula is C25H27F2N3O5. The summed E-state index contributed by atoms with van der Waals surface area (Å²) in [6, 6.07) is 9.56. The van der Waals surface area contributed by atoms with Crippen LogP contribution in [-0.2, 0) is 14.3 Å². The smallest absolute Gasteiger partial charge is 0.256 e. The molecule has 2 aliphatic rings. The predicted molar refractivity (Wildman–Crippen MR) is 121 cm³/mol. The number of amides is 3. The topological polar surface area (TPSA) is 88.2 Å². The molecule has 0 radical (unpaired) electrons. The molecule has 2 fully saturated rings. The highest BCUT2D eigenvalue weighted by atomic mass is 19.1. The summed E-state index contributed by atoms with van der Waals surface area (Å²) in [5.74, 6) is -1.98. The van der Waals surface area contributed by atoms with Gasteiger partial charge in [0.05, 0.1) is 13.2 Å². The lowest BCUT2D eigenvalue weighted by Crippen LogP contribution is -2.60. The van der Waals surface area contributed by atoms with Gasteiger partial charge in [-0.3, -0.25) is 19.3 Å². The highest BCUT2D eigenvalue weighted by Gasteiger charge is 2.54. The van der Waals surface area contributed by atoms with Crippen molar-refractivity contribution in [2.75, 3.05) is 40.0 Å². The Balaban J connectivity index is 1.54. The molecule has 1 N–H and O–H groups in total. The van der Waals surface area contributed by atoms with E-state index in [0.717, 1.165) is 0 Å². The van der Waals surface area contributed by atoms with E-state index in [4.69, 9.17) is 9.47 Å². The molecule has 1 unspecified atom stereocenters. The monoisotopic (exact) mass is 487 g/mol. The molecule has 0 aliphatic carbocycles. The van der Waals surface area contributed by atoms with Crippen molar-refractivity contribution in [3.05, 3.63) is 71.3 Å². The summed E-state index contributed by atoms with van der Waals surface area (Å²) in [4.78, 5) is 42.4. The second-order valence-electron chi connectivity index (χ2n) is 8.54. The normalized spacial score (nSPS) is 19.1. The number of nitrogens with one attached hydrogen (secondary N) is 1. The van der Waals surface area contributed by atoms with Crippen LogP contribution in [-0.4, -0.2) is 79.2 Å². The number of benzene rings is 2. The summed E-state index contributed by atoms with van der Waals surface area (Å²) >= 11 is 0. The van der Waals surface area contributed by atoms with Gasteiger partial charge in [0.2, 0.25) is 5.91 Å². The van der Waals surface area contributed by atoms with Crippen molar-refractivity contribution in [1.82, 2.24) is 15.1 Å². The first-order valence-corrected chi connectivity index (χ1v) is 11.4. The standard InChI is InChI=1S/C25H27F2N3O5/c1-34-15-12-28-22(31)21-16-35-25(30(21)24(33)18-4-8-20(27)9-5-18)10-13-29(14-11-25)23(32)17-2-6-19(26)7-3-17/h2-9,21H,10-16H2,1H3,(H,28,31). The molecule has 2 heterocycles. The third-order valence-corrected chi connectivity index (χ3v) is 6.40. The van der Waals surface area contributed by atoms with Crippen LogP contribution in [0.2, 0.25) is 0 Å². The van der Waals surface area contributed by atoms with Crippen LogP contribution < -0.4 is 5.32 Å². The first kappa shape index (κ1) is 24.7. The van der Waals surface area contributed by atoms with Crippen LogP contribution in [0.25, 0.3) is 0 Å². The van der Waals surface area contributed by atoms with Gasteiger partial charge in [-0.15, -0.1) is 0 Å². The molecule has 2 saturated heterocycles. The van der Waals surface area contributed by atoms with Gasteiger partial charge in [-0.25, -0.2) is 8.78 Å². The Kier molecular flexibility index (Phi) is 7.42. The highest BCUT2D eigenvalue weighted by Crippen LogP contribution is 2.38. The summed E-state index contributed by atoms with van der Waals surface area (Å²) in [7, 11) is 1.52. The summed E-state index contributed by atoms with van der Waals surface area (Å²) < 4.78 is 37.8. The van der Waals surface area contributed by atoms with Crippen LogP contribution in [0.1, 0.15) is 33.6 Å². The van der Waals surface area contributed by atoms with Gasteiger partial charge in [0, 0.05) is 50.7 Å². The van der Waals surface area contributed by atoms with Gasteiger partial charge in [0.25, 0.3) is 11.8 Å². The van der Waals surface area contributed by atoms with Gasteiger partial charge in [0.1, 0.15) is 23.4 Å². The van der Waals surface area contributed by atoms with E-state index in [2.05, 4.69) is 5.32 Å².